The maximum absolute atomic E-state index is 6.00. The van der Waals surface area contributed by atoms with Crippen LogP contribution in [0.5, 0.6) is 0 Å². The highest BCUT2D eigenvalue weighted by molar-refractivity contribution is 6.30. The van der Waals surface area contributed by atoms with Crippen LogP contribution in [0.25, 0.3) is 0 Å². The minimum atomic E-state index is 0.354. The molecule has 0 saturated heterocycles. The van der Waals surface area contributed by atoms with Crippen LogP contribution in [0, 0.1) is 5.41 Å². The molecule has 1 nitrogen and oxygen atoms in total. The molecule has 0 saturated carbocycles. The quantitative estimate of drug-likeness (QED) is 0.831. The van der Waals surface area contributed by atoms with E-state index in [4.69, 9.17) is 11.6 Å². The highest BCUT2D eigenvalue weighted by Crippen LogP contribution is 2.25. The Balaban J connectivity index is 1.95. The lowest BCUT2D eigenvalue weighted by Gasteiger charge is -2.22. The number of rotatable bonds is 2. The molecule has 1 aromatic carbocycles. The van der Waals surface area contributed by atoms with Crippen molar-refractivity contribution in [1.82, 2.24) is 5.32 Å². The van der Waals surface area contributed by atoms with Gasteiger partial charge in [-0.15, -0.1) is 0 Å². The third kappa shape index (κ3) is 2.99. The third-order valence-corrected chi connectivity index (χ3v) is 3.26. The topological polar surface area (TPSA) is 12.0 Å². The first-order valence-electron chi connectivity index (χ1n) is 5.95. The Bertz CT molecular complexity index is 379. The van der Waals surface area contributed by atoms with Gasteiger partial charge in [0.15, 0.2) is 0 Å². The largest absolute Gasteiger partial charge is 0.313 e. The molecule has 2 rings (SSSR count). The van der Waals surface area contributed by atoms with Crippen molar-refractivity contribution in [2.45, 2.75) is 39.7 Å². The zero-order valence-electron chi connectivity index (χ0n) is 10.3. The Morgan fingerprint density at radius 2 is 1.94 bits per heavy atom. The molecule has 0 aliphatic heterocycles. The van der Waals surface area contributed by atoms with E-state index in [1.807, 2.05) is 6.07 Å². The molecule has 88 valence electrons. The van der Waals surface area contributed by atoms with Crippen LogP contribution < -0.4 is 5.32 Å². The van der Waals surface area contributed by atoms with Gasteiger partial charge in [0.2, 0.25) is 0 Å². The standard InChI is InChI=1S/C14H20ClN/c1-14(2,3)9-16-13-7-10-4-5-12(15)6-11(10)8-13/h4-6,13,16H,7-9H2,1-3H3. The molecule has 16 heavy (non-hydrogen) atoms. The lowest BCUT2D eigenvalue weighted by Crippen LogP contribution is -2.36. The Morgan fingerprint density at radius 1 is 1.25 bits per heavy atom. The lowest BCUT2D eigenvalue weighted by molar-refractivity contribution is 0.353. The predicted molar refractivity (Wildman–Crippen MR) is 70.1 cm³/mol. The highest BCUT2D eigenvalue weighted by Gasteiger charge is 2.22. The van der Waals surface area contributed by atoms with Gasteiger partial charge in [-0.05, 0) is 41.5 Å². The van der Waals surface area contributed by atoms with Crippen LogP contribution in [-0.4, -0.2) is 12.6 Å². The minimum absolute atomic E-state index is 0.354. The van der Waals surface area contributed by atoms with E-state index < -0.39 is 0 Å². The second-order valence-electron chi connectivity index (χ2n) is 5.96. The van der Waals surface area contributed by atoms with E-state index in [0.717, 1.165) is 24.4 Å². The molecule has 1 aliphatic carbocycles. The Morgan fingerprint density at radius 3 is 2.62 bits per heavy atom. The molecule has 0 heterocycles. The molecule has 0 bridgehead atoms. The Kier molecular flexibility index (Phi) is 3.27. The molecule has 1 aromatic rings. The zero-order chi connectivity index (χ0) is 11.8. The summed E-state index contributed by atoms with van der Waals surface area (Å²) in [7, 11) is 0. The normalized spacial score (nSPS) is 19.9. The summed E-state index contributed by atoms with van der Waals surface area (Å²) < 4.78 is 0. The Labute approximate surface area is 103 Å². The van der Waals surface area contributed by atoms with Crippen molar-refractivity contribution in [3.8, 4) is 0 Å². The number of hydrogen-bond acceptors (Lipinski definition) is 1. The van der Waals surface area contributed by atoms with Crippen molar-refractivity contribution in [3.05, 3.63) is 34.3 Å². The number of nitrogens with one attached hydrogen (secondary N) is 1. The fourth-order valence-electron chi connectivity index (χ4n) is 2.18. The average molecular weight is 238 g/mol. The van der Waals surface area contributed by atoms with Crippen LogP contribution in [0.1, 0.15) is 31.9 Å². The molecule has 1 aliphatic rings. The molecule has 0 aromatic heterocycles. The summed E-state index contributed by atoms with van der Waals surface area (Å²) in [5.41, 5.74) is 3.22. The third-order valence-electron chi connectivity index (χ3n) is 3.02. The molecular weight excluding hydrogens is 218 g/mol. The van der Waals surface area contributed by atoms with Crippen LogP contribution in [-0.2, 0) is 12.8 Å². The van der Waals surface area contributed by atoms with Crippen molar-refractivity contribution in [1.29, 1.82) is 0 Å². The van der Waals surface area contributed by atoms with Gasteiger partial charge in [-0.25, -0.2) is 0 Å². The maximum Gasteiger partial charge on any atom is 0.0408 e. The SMILES string of the molecule is CC(C)(C)CNC1Cc2ccc(Cl)cc2C1. The van der Waals surface area contributed by atoms with Crippen LogP contribution in [0.4, 0.5) is 0 Å². The first-order valence-corrected chi connectivity index (χ1v) is 6.32. The number of benzene rings is 1. The average Bonchev–Trinajstić information content (AvgIpc) is 2.55. The molecule has 0 spiro atoms. The monoisotopic (exact) mass is 237 g/mol. The molecule has 0 amide bonds. The van der Waals surface area contributed by atoms with Crippen LogP contribution in [0.3, 0.4) is 0 Å². The summed E-state index contributed by atoms with van der Waals surface area (Å²) >= 11 is 6.00. The van der Waals surface area contributed by atoms with Crippen LogP contribution in [0.15, 0.2) is 18.2 Å². The van der Waals surface area contributed by atoms with Gasteiger partial charge in [-0.1, -0.05) is 38.4 Å². The van der Waals surface area contributed by atoms with Crippen LogP contribution >= 0.6 is 11.6 Å². The molecule has 0 fully saturated rings. The van der Waals surface area contributed by atoms with Crippen molar-refractivity contribution < 1.29 is 0 Å². The van der Waals surface area contributed by atoms with Gasteiger partial charge in [-0.3, -0.25) is 0 Å². The summed E-state index contributed by atoms with van der Waals surface area (Å²) in [5, 5.41) is 4.50. The second-order valence-corrected chi connectivity index (χ2v) is 6.40. The van der Waals surface area contributed by atoms with Gasteiger partial charge in [0.05, 0.1) is 0 Å². The van der Waals surface area contributed by atoms with E-state index in [9.17, 15) is 0 Å². The van der Waals surface area contributed by atoms with E-state index >= 15 is 0 Å². The molecule has 2 heteroatoms. The smallest absolute Gasteiger partial charge is 0.0408 e. The van der Waals surface area contributed by atoms with E-state index in [0.29, 0.717) is 11.5 Å². The second kappa shape index (κ2) is 4.38. The number of halogens is 1. The summed E-state index contributed by atoms with van der Waals surface area (Å²) in [6, 6.07) is 6.85. The van der Waals surface area contributed by atoms with Gasteiger partial charge < -0.3 is 5.32 Å². The number of fused-ring (bicyclic) bond motifs is 1. The van der Waals surface area contributed by atoms with Crippen molar-refractivity contribution in [2.75, 3.05) is 6.54 Å². The molecule has 0 radical (unpaired) electrons. The first kappa shape index (κ1) is 11.9. The summed E-state index contributed by atoms with van der Waals surface area (Å²) in [6.07, 6.45) is 2.26. The minimum Gasteiger partial charge on any atom is -0.313 e. The molecular formula is C14H20ClN. The van der Waals surface area contributed by atoms with Crippen molar-refractivity contribution in [2.24, 2.45) is 5.41 Å². The zero-order valence-corrected chi connectivity index (χ0v) is 11.1. The van der Waals surface area contributed by atoms with Gasteiger partial charge in [-0.2, -0.15) is 0 Å². The Hall–Kier alpha value is -0.530. The van der Waals surface area contributed by atoms with E-state index in [1.165, 1.54) is 11.1 Å². The molecule has 1 unspecified atom stereocenters. The van der Waals surface area contributed by atoms with Crippen molar-refractivity contribution >= 4 is 11.6 Å². The van der Waals surface area contributed by atoms with Gasteiger partial charge in [0, 0.05) is 17.6 Å². The van der Waals surface area contributed by atoms with E-state index in [1.54, 1.807) is 0 Å². The summed E-state index contributed by atoms with van der Waals surface area (Å²) in [4.78, 5) is 0. The fraction of sp³-hybridized carbons (Fsp3) is 0.571. The molecule has 1 atom stereocenters. The summed E-state index contributed by atoms with van der Waals surface area (Å²) in [5.74, 6) is 0. The predicted octanol–water partition coefficient (Wildman–Crippen LogP) is 3.44. The van der Waals surface area contributed by atoms with Gasteiger partial charge in [0.25, 0.3) is 0 Å². The van der Waals surface area contributed by atoms with E-state index in [2.05, 4.69) is 38.2 Å². The lowest BCUT2D eigenvalue weighted by atomic mass is 9.96. The molecule has 1 N–H and O–H groups in total. The first-order chi connectivity index (χ1) is 7.44. The highest BCUT2D eigenvalue weighted by atomic mass is 35.5. The fourth-order valence-corrected chi connectivity index (χ4v) is 2.38. The summed E-state index contributed by atoms with van der Waals surface area (Å²) in [6.45, 7) is 7.86. The maximum atomic E-state index is 6.00. The van der Waals surface area contributed by atoms with Gasteiger partial charge in [0.1, 0.15) is 0 Å². The van der Waals surface area contributed by atoms with Crippen LogP contribution in [0.2, 0.25) is 5.02 Å². The van der Waals surface area contributed by atoms with Gasteiger partial charge >= 0.3 is 0 Å². The number of hydrogen-bond donors (Lipinski definition) is 1. The van der Waals surface area contributed by atoms with E-state index in [-0.39, 0.29) is 0 Å². The van der Waals surface area contributed by atoms with Crippen molar-refractivity contribution in [3.63, 3.8) is 0 Å².